The van der Waals surface area contributed by atoms with Crippen LogP contribution >= 0.6 is 0 Å². The third-order valence-corrected chi connectivity index (χ3v) is 3.57. The topological polar surface area (TPSA) is 34.9 Å². The van der Waals surface area contributed by atoms with E-state index < -0.39 is 0 Å². The van der Waals surface area contributed by atoms with Gasteiger partial charge in [0.25, 0.3) is 0 Å². The SMILES string of the molecule is O=c1ccc2nc3ccccc3n(-c3ccccc3)c-2c1. The monoisotopic (exact) mass is 272 g/mol. The zero-order valence-electron chi connectivity index (χ0n) is 11.2. The summed E-state index contributed by atoms with van der Waals surface area (Å²) in [6.07, 6.45) is 0. The number of rotatable bonds is 1. The second kappa shape index (κ2) is 4.56. The molecule has 0 saturated heterocycles. The lowest BCUT2D eigenvalue weighted by molar-refractivity contribution is 1.08. The third-order valence-electron chi connectivity index (χ3n) is 3.57. The quantitative estimate of drug-likeness (QED) is 0.497. The van der Waals surface area contributed by atoms with E-state index in [0.29, 0.717) is 0 Å². The predicted molar refractivity (Wildman–Crippen MR) is 84.0 cm³/mol. The van der Waals surface area contributed by atoms with E-state index in [1.165, 1.54) is 0 Å². The molecule has 0 N–H and O–H groups in total. The molecular formula is C18H12N2O. The molecule has 0 bridgehead atoms. The van der Waals surface area contributed by atoms with Crippen LogP contribution in [0.5, 0.6) is 0 Å². The van der Waals surface area contributed by atoms with E-state index in [1.54, 1.807) is 18.2 Å². The first-order chi connectivity index (χ1) is 10.3. The van der Waals surface area contributed by atoms with Gasteiger partial charge in [0, 0.05) is 11.8 Å². The summed E-state index contributed by atoms with van der Waals surface area (Å²) in [5.41, 5.74) is 4.55. The number of hydrogen-bond acceptors (Lipinski definition) is 2. The molecule has 0 saturated carbocycles. The lowest BCUT2D eigenvalue weighted by Crippen LogP contribution is -2.09. The van der Waals surface area contributed by atoms with Gasteiger partial charge in [-0.05, 0) is 36.4 Å². The first-order valence-electron chi connectivity index (χ1n) is 6.80. The Labute approximate surface area is 121 Å². The van der Waals surface area contributed by atoms with Crippen molar-refractivity contribution in [3.05, 3.63) is 83.0 Å². The van der Waals surface area contributed by atoms with E-state index in [9.17, 15) is 4.79 Å². The van der Waals surface area contributed by atoms with Crippen molar-refractivity contribution in [2.75, 3.05) is 0 Å². The number of aromatic nitrogens is 2. The molecule has 1 aliphatic carbocycles. The van der Waals surface area contributed by atoms with Crippen LogP contribution in [0.25, 0.3) is 28.1 Å². The smallest absolute Gasteiger partial charge is 0.180 e. The number of para-hydroxylation sites is 3. The number of fused-ring (bicyclic) bond motifs is 2. The Bertz CT molecular complexity index is 957. The van der Waals surface area contributed by atoms with Gasteiger partial charge in [-0.25, -0.2) is 4.98 Å². The minimum absolute atomic E-state index is 0.00994. The van der Waals surface area contributed by atoms with Crippen molar-refractivity contribution in [2.24, 2.45) is 0 Å². The highest BCUT2D eigenvalue weighted by Crippen LogP contribution is 2.27. The standard InChI is InChI=1S/C18H12N2O/c21-14-10-11-16-18(12-14)20(13-6-2-1-3-7-13)17-9-5-4-8-15(17)19-16/h1-12H. The minimum Gasteiger partial charge on any atom is -0.306 e. The molecule has 0 spiro atoms. The summed E-state index contributed by atoms with van der Waals surface area (Å²) >= 11 is 0. The molecular weight excluding hydrogens is 260 g/mol. The summed E-state index contributed by atoms with van der Waals surface area (Å²) in [5.74, 6) is 0. The van der Waals surface area contributed by atoms with Crippen LogP contribution in [0.3, 0.4) is 0 Å². The van der Waals surface area contributed by atoms with E-state index in [2.05, 4.69) is 9.55 Å². The molecule has 1 aliphatic heterocycles. The number of nitrogens with zero attached hydrogens (tertiary/aromatic N) is 2. The van der Waals surface area contributed by atoms with Crippen molar-refractivity contribution < 1.29 is 0 Å². The average Bonchev–Trinajstić information content (AvgIpc) is 2.53. The summed E-state index contributed by atoms with van der Waals surface area (Å²) in [6.45, 7) is 0. The second-order valence-electron chi connectivity index (χ2n) is 4.92. The van der Waals surface area contributed by atoms with Crippen LogP contribution in [0.4, 0.5) is 0 Å². The lowest BCUT2D eigenvalue weighted by Gasteiger charge is -2.18. The van der Waals surface area contributed by atoms with Crippen LogP contribution in [-0.4, -0.2) is 9.55 Å². The van der Waals surface area contributed by atoms with Gasteiger partial charge in [-0.3, -0.25) is 4.79 Å². The molecule has 0 radical (unpaired) electrons. The summed E-state index contributed by atoms with van der Waals surface area (Å²) in [4.78, 5) is 16.4. The molecule has 0 fully saturated rings. The molecule has 0 amide bonds. The highest BCUT2D eigenvalue weighted by atomic mass is 16.1. The van der Waals surface area contributed by atoms with Gasteiger partial charge in [0.2, 0.25) is 0 Å². The Morgan fingerprint density at radius 1 is 0.810 bits per heavy atom. The molecule has 4 rings (SSSR count). The van der Waals surface area contributed by atoms with Gasteiger partial charge in [-0.1, -0.05) is 30.3 Å². The van der Waals surface area contributed by atoms with Crippen LogP contribution in [0.15, 0.2) is 77.6 Å². The molecule has 100 valence electrons. The summed E-state index contributed by atoms with van der Waals surface area (Å²) in [5, 5.41) is 0. The van der Waals surface area contributed by atoms with Crippen molar-refractivity contribution in [1.82, 2.24) is 9.55 Å². The zero-order valence-corrected chi connectivity index (χ0v) is 11.2. The molecule has 3 heteroatoms. The third kappa shape index (κ3) is 1.91. The maximum absolute atomic E-state index is 11.8. The Morgan fingerprint density at radius 2 is 1.57 bits per heavy atom. The normalized spacial score (nSPS) is 11.0. The largest absolute Gasteiger partial charge is 0.306 e. The van der Waals surface area contributed by atoms with Gasteiger partial charge in [-0.15, -0.1) is 0 Å². The summed E-state index contributed by atoms with van der Waals surface area (Å²) in [7, 11) is 0. The van der Waals surface area contributed by atoms with Crippen molar-refractivity contribution in [1.29, 1.82) is 0 Å². The van der Waals surface area contributed by atoms with Gasteiger partial charge in [0.1, 0.15) is 0 Å². The maximum Gasteiger partial charge on any atom is 0.180 e. The fraction of sp³-hybridized carbons (Fsp3) is 0. The van der Waals surface area contributed by atoms with Crippen LogP contribution in [0, 0.1) is 0 Å². The van der Waals surface area contributed by atoms with Gasteiger partial charge in [0.15, 0.2) is 5.43 Å². The molecule has 3 nitrogen and oxygen atoms in total. The first-order valence-corrected chi connectivity index (χ1v) is 6.80. The van der Waals surface area contributed by atoms with Gasteiger partial charge < -0.3 is 4.57 Å². The van der Waals surface area contributed by atoms with E-state index in [-0.39, 0.29) is 5.43 Å². The lowest BCUT2D eigenvalue weighted by atomic mass is 10.1. The summed E-state index contributed by atoms with van der Waals surface area (Å²) in [6, 6.07) is 23.0. The maximum atomic E-state index is 11.8. The van der Waals surface area contributed by atoms with E-state index in [0.717, 1.165) is 28.1 Å². The van der Waals surface area contributed by atoms with Gasteiger partial charge in [-0.2, -0.15) is 0 Å². The van der Waals surface area contributed by atoms with Crippen molar-refractivity contribution >= 4 is 11.0 Å². The van der Waals surface area contributed by atoms with Crippen molar-refractivity contribution in [3.8, 4) is 17.1 Å². The Kier molecular flexibility index (Phi) is 2.57. The van der Waals surface area contributed by atoms with Crippen LogP contribution in [0.2, 0.25) is 0 Å². The molecule has 2 aromatic carbocycles. The molecule has 21 heavy (non-hydrogen) atoms. The fourth-order valence-corrected chi connectivity index (χ4v) is 2.64. The van der Waals surface area contributed by atoms with Gasteiger partial charge in [0.05, 0.1) is 22.4 Å². The van der Waals surface area contributed by atoms with E-state index in [4.69, 9.17) is 0 Å². The van der Waals surface area contributed by atoms with Crippen LogP contribution in [0.1, 0.15) is 0 Å². The molecule has 1 heterocycles. The fourth-order valence-electron chi connectivity index (χ4n) is 2.64. The van der Waals surface area contributed by atoms with Crippen molar-refractivity contribution in [3.63, 3.8) is 0 Å². The molecule has 0 unspecified atom stereocenters. The number of hydrogen-bond donors (Lipinski definition) is 0. The Morgan fingerprint density at radius 3 is 2.43 bits per heavy atom. The first kappa shape index (κ1) is 11.9. The molecule has 2 aliphatic rings. The predicted octanol–water partition coefficient (Wildman–Crippen LogP) is 3.49. The highest BCUT2D eigenvalue weighted by molar-refractivity contribution is 5.82. The Hall–Kier alpha value is -2.94. The van der Waals surface area contributed by atoms with E-state index in [1.807, 2.05) is 54.6 Å². The average molecular weight is 272 g/mol. The molecule has 2 aromatic rings. The minimum atomic E-state index is -0.00994. The summed E-state index contributed by atoms with van der Waals surface area (Å²) < 4.78 is 2.08. The van der Waals surface area contributed by atoms with Crippen LogP contribution in [-0.2, 0) is 0 Å². The van der Waals surface area contributed by atoms with E-state index >= 15 is 0 Å². The van der Waals surface area contributed by atoms with Gasteiger partial charge >= 0.3 is 0 Å². The number of benzene rings is 3. The molecule has 0 atom stereocenters. The molecule has 0 aromatic heterocycles. The second-order valence-corrected chi connectivity index (χ2v) is 4.92. The zero-order chi connectivity index (χ0) is 14.2. The van der Waals surface area contributed by atoms with Crippen LogP contribution < -0.4 is 5.43 Å². The Balaban J connectivity index is 2.23. The highest BCUT2D eigenvalue weighted by Gasteiger charge is 2.13. The van der Waals surface area contributed by atoms with Crippen molar-refractivity contribution in [2.45, 2.75) is 0 Å².